The van der Waals surface area contributed by atoms with Crippen molar-refractivity contribution in [1.29, 1.82) is 0 Å². The number of furan rings is 1. The number of fused-ring (bicyclic) bond motifs is 1. The van der Waals surface area contributed by atoms with Crippen molar-refractivity contribution in [3.05, 3.63) is 42.2 Å². The molecule has 1 aliphatic rings. The van der Waals surface area contributed by atoms with E-state index in [1.54, 1.807) is 34.5 Å². The van der Waals surface area contributed by atoms with E-state index in [0.717, 1.165) is 26.1 Å². The molecule has 0 radical (unpaired) electrons. The number of ether oxygens (including phenoxy) is 1. The molecule has 0 spiro atoms. The Hall–Kier alpha value is -3.20. The zero-order valence-corrected chi connectivity index (χ0v) is 15.5. The van der Waals surface area contributed by atoms with E-state index in [1.807, 2.05) is 0 Å². The average molecular weight is 383 g/mol. The van der Waals surface area contributed by atoms with Crippen molar-refractivity contribution in [3.63, 3.8) is 0 Å². The molecule has 2 amide bonds. The van der Waals surface area contributed by atoms with Crippen LogP contribution in [0.4, 0.5) is 0 Å². The van der Waals surface area contributed by atoms with E-state index in [2.05, 4.69) is 9.97 Å². The Bertz CT molecular complexity index is 1000. The maximum absolute atomic E-state index is 13.0. The van der Waals surface area contributed by atoms with Crippen molar-refractivity contribution in [2.24, 2.45) is 11.7 Å². The molecule has 0 bridgehead atoms. The Morgan fingerprint density at radius 3 is 2.82 bits per heavy atom. The van der Waals surface area contributed by atoms with Gasteiger partial charge in [-0.05, 0) is 37.0 Å². The van der Waals surface area contributed by atoms with Gasteiger partial charge in [0.05, 0.1) is 12.0 Å². The lowest BCUT2D eigenvalue weighted by atomic mass is 10.00. The molecule has 1 fully saturated rings. The van der Waals surface area contributed by atoms with E-state index in [1.165, 1.54) is 12.6 Å². The Balaban J connectivity index is 1.72. The van der Waals surface area contributed by atoms with Crippen LogP contribution >= 0.6 is 0 Å². The van der Waals surface area contributed by atoms with Crippen molar-refractivity contribution in [1.82, 2.24) is 19.3 Å². The number of carbonyl (C=O) groups excluding carboxylic acids is 2. The molecule has 3 aromatic rings. The second-order valence-electron chi connectivity index (χ2n) is 6.90. The Morgan fingerprint density at radius 1 is 1.36 bits per heavy atom. The van der Waals surface area contributed by atoms with Gasteiger partial charge in [0.25, 0.3) is 11.8 Å². The van der Waals surface area contributed by atoms with E-state index in [-0.39, 0.29) is 22.9 Å². The van der Waals surface area contributed by atoms with Crippen LogP contribution in [0.3, 0.4) is 0 Å². The second kappa shape index (κ2) is 7.43. The summed E-state index contributed by atoms with van der Waals surface area (Å²) >= 11 is 0. The van der Waals surface area contributed by atoms with Crippen LogP contribution in [-0.2, 0) is 4.74 Å². The first kappa shape index (κ1) is 18.2. The summed E-state index contributed by atoms with van der Waals surface area (Å²) < 4.78 is 12.5. The summed E-state index contributed by atoms with van der Waals surface area (Å²) in [6.07, 6.45) is 4.83. The van der Waals surface area contributed by atoms with E-state index < -0.39 is 5.91 Å². The molecule has 1 aliphatic heterocycles. The predicted octanol–water partition coefficient (Wildman–Crippen LogP) is 1.59. The van der Waals surface area contributed by atoms with Crippen LogP contribution < -0.4 is 5.73 Å². The molecule has 0 saturated carbocycles. The van der Waals surface area contributed by atoms with Gasteiger partial charge in [-0.15, -0.1) is 0 Å². The number of carbonyl (C=O) groups is 2. The van der Waals surface area contributed by atoms with Gasteiger partial charge in [0.1, 0.15) is 12.0 Å². The van der Waals surface area contributed by atoms with Crippen LogP contribution in [0.25, 0.3) is 17.1 Å². The summed E-state index contributed by atoms with van der Waals surface area (Å²) in [6.45, 7) is 2.06. The standard InChI is InChI=1S/C19H21N5O4/c1-23(10-12-4-7-27-8-5-12)19(26)13-9-14(15-3-2-6-28-15)24-11-21-16(17(20)25)18(24)22-13/h2-3,6,9,11-12H,4-5,7-8,10H2,1H3,(H2,20,25). The molecule has 0 aliphatic carbocycles. The highest BCUT2D eigenvalue weighted by Gasteiger charge is 2.24. The SMILES string of the molecule is CN(CC1CCOCC1)C(=O)c1cc(-c2ccco2)n2cnc(C(N)=O)c2n1. The number of amides is 2. The van der Waals surface area contributed by atoms with Crippen LogP contribution in [0, 0.1) is 5.92 Å². The van der Waals surface area contributed by atoms with Gasteiger partial charge in [-0.1, -0.05) is 0 Å². The lowest BCUT2D eigenvalue weighted by molar-refractivity contribution is 0.0495. The van der Waals surface area contributed by atoms with Gasteiger partial charge in [-0.2, -0.15) is 0 Å². The summed E-state index contributed by atoms with van der Waals surface area (Å²) in [5.41, 5.74) is 6.42. The van der Waals surface area contributed by atoms with Crippen molar-refractivity contribution >= 4 is 17.5 Å². The number of nitrogens with zero attached hydrogens (tertiary/aromatic N) is 4. The quantitative estimate of drug-likeness (QED) is 0.715. The minimum Gasteiger partial charge on any atom is -0.463 e. The largest absolute Gasteiger partial charge is 0.463 e. The average Bonchev–Trinajstić information content (AvgIpc) is 3.37. The fourth-order valence-electron chi connectivity index (χ4n) is 3.46. The van der Waals surface area contributed by atoms with Crippen LogP contribution in [-0.4, -0.2) is 57.9 Å². The molecule has 2 N–H and O–H groups in total. The first-order valence-electron chi connectivity index (χ1n) is 9.09. The van der Waals surface area contributed by atoms with E-state index in [4.69, 9.17) is 14.9 Å². The highest BCUT2D eigenvalue weighted by Crippen LogP contribution is 2.24. The van der Waals surface area contributed by atoms with Crippen LogP contribution in [0.1, 0.15) is 33.8 Å². The van der Waals surface area contributed by atoms with Crippen LogP contribution in [0.2, 0.25) is 0 Å². The number of imidazole rings is 1. The lowest BCUT2D eigenvalue weighted by Gasteiger charge is -2.27. The second-order valence-corrected chi connectivity index (χ2v) is 6.90. The van der Waals surface area contributed by atoms with Crippen molar-refractivity contribution in [2.45, 2.75) is 12.8 Å². The maximum atomic E-state index is 13.0. The van der Waals surface area contributed by atoms with Crippen LogP contribution in [0.15, 0.2) is 35.2 Å². The summed E-state index contributed by atoms with van der Waals surface area (Å²) in [5, 5.41) is 0. The molecule has 1 saturated heterocycles. The van der Waals surface area contributed by atoms with E-state index in [0.29, 0.717) is 23.9 Å². The molecule has 146 valence electrons. The first-order chi connectivity index (χ1) is 13.5. The third kappa shape index (κ3) is 3.36. The van der Waals surface area contributed by atoms with Gasteiger partial charge in [0.2, 0.25) is 0 Å². The van der Waals surface area contributed by atoms with E-state index in [9.17, 15) is 9.59 Å². The molecule has 0 atom stereocenters. The Morgan fingerprint density at radius 2 is 2.14 bits per heavy atom. The summed E-state index contributed by atoms with van der Waals surface area (Å²) in [4.78, 5) is 34.9. The maximum Gasteiger partial charge on any atom is 0.272 e. The number of aromatic nitrogens is 3. The Kier molecular flexibility index (Phi) is 4.82. The van der Waals surface area contributed by atoms with Gasteiger partial charge in [-0.25, -0.2) is 9.97 Å². The minimum atomic E-state index is -0.708. The smallest absolute Gasteiger partial charge is 0.272 e. The molecule has 4 heterocycles. The fraction of sp³-hybridized carbons (Fsp3) is 0.368. The molecule has 3 aromatic heterocycles. The summed E-state index contributed by atoms with van der Waals surface area (Å²) in [6, 6.07) is 5.14. The fourth-order valence-corrected chi connectivity index (χ4v) is 3.46. The van der Waals surface area contributed by atoms with Crippen molar-refractivity contribution in [2.75, 3.05) is 26.8 Å². The van der Waals surface area contributed by atoms with Crippen LogP contribution in [0.5, 0.6) is 0 Å². The summed E-state index contributed by atoms with van der Waals surface area (Å²) in [7, 11) is 1.75. The highest BCUT2D eigenvalue weighted by molar-refractivity contribution is 5.99. The molecule has 0 unspecified atom stereocenters. The molecule has 0 aromatic carbocycles. The number of hydrogen-bond acceptors (Lipinski definition) is 6. The van der Waals surface area contributed by atoms with Crippen molar-refractivity contribution < 1.29 is 18.7 Å². The van der Waals surface area contributed by atoms with E-state index >= 15 is 0 Å². The number of hydrogen-bond donors (Lipinski definition) is 1. The molecular formula is C19H21N5O4. The number of rotatable bonds is 5. The number of primary amides is 1. The predicted molar refractivity (Wildman–Crippen MR) is 99.7 cm³/mol. The van der Waals surface area contributed by atoms with Gasteiger partial charge in [0.15, 0.2) is 17.1 Å². The number of nitrogens with two attached hydrogens (primary N) is 1. The molecular weight excluding hydrogens is 362 g/mol. The third-order valence-corrected chi connectivity index (χ3v) is 4.95. The third-order valence-electron chi connectivity index (χ3n) is 4.95. The molecule has 9 heteroatoms. The molecule has 4 rings (SSSR count). The Labute approximate surface area is 161 Å². The minimum absolute atomic E-state index is 0.00883. The van der Waals surface area contributed by atoms with Crippen molar-refractivity contribution in [3.8, 4) is 11.5 Å². The highest BCUT2D eigenvalue weighted by atomic mass is 16.5. The van der Waals surface area contributed by atoms with Gasteiger partial charge >= 0.3 is 0 Å². The molecule has 9 nitrogen and oxygen atoms in total. The normalized spacial score (nSPS) is 15.0. The zero-order chi connectivity index (χ0) is 19.7. The summed E-state index contributed by atoms with van der Waals surface area (Å²) in [5.74, 6) is -0.0203. The molecule has 28 heavy (non-hydrogen) atoms. The monoisotopic (exact) mass is 383 g/mol. The zero-order valence-electron chi connectivity index (χ0n) is 15.5. The van der Waals surface area contributed by atoms with Gasteiger partial charge in [0, 0.05) is 26.8 Å². The van der Waals surface area contributed by atoms with Gasteiger partial charge < -0.3 is 19.8 Å². The topological polar surface area (TPSA) is 116 Å². The lowest BCUT2D eigenvalue weighted by Crippen LogP contribution is -2.34. The first-order valence-corrected chi connectivity index (χ1v) is 9.09. The van der Waals surface area contributed by atoms with Gasteiger partial charge in [-0.3, -0.25) is 14.0 Å².